The van der Waals surface area contributed by atoms with E-state index < -0.39 is 5.60 Å². The number of nitrogens with zero attached hydrogens (tertiary/aromatic N) is 2. The molecule has 0 unspecified atom stereocenters. The van der Waals surface area contributed by atoms with Gasteiger partial charge in [0.25, 0.3) is 0 Å². The van der Waals surface area contributed by atoms with Gasteiger partial charge in [0.15, 0.2) is 0 Å². The summed E-state index contributed by atoms with van der Waals surface area (Å²) in [5.74, 6) is 0.0789. The number of piperidine rings is 1. The molecule has 4 rings (SSSR count). The van der Waals surface area contributed by atoms with Crippen LogP contribution in [0.2, 0.25) is 0 Å². The van der Waals surface area contributed by atoms with Crippen LogP contribution in [0, 0.1) is 0 Å². The smallest absolute Gasteiger partial charge is 0.411 e. The van der Waals surface area contributed by atoms with E-state index in [0.717, 1.165) is 32.5 Å². The first-order chi connectivity index (χ1) is 9.87. The maximum Gasteiger partial charge on any atom is 0.411 e. The van der Waals surface area contributed by atoms with Crippen LogP contribution in [-0.2, 0) is 14.3 Å². The Morgan fingerprint density at radius 1 is 1.24 bits per heavy atom. The third-order valence-corrected chi connectivity index (χ3v) is 4.44. The molecule has 0 aromatic carbocycles. The number of amides is 2. The molecule has 4 heterocycles. The first kappa shape index (κ1) is 14.6. The van der Waals surface area contributed by atoms with Crippen LogP contribution in [0.1, 0.15) is 40.0 Å². The highest BCUT2D eigenvalue weighted by Gasteiger charge is 2.54. The lowest BCUT2D eigenvalue weighted by molar-refractivity contribution is -0.163. The molecule has 0 radical (unpaired) electrons. The fraction of sp³-hybridized carbons (Fsp3) is 0.867. The summed E-state index contributed by atoms with van der Waals surface area (Å²) in [6.45, 7) is 7.61. The van der Waals surface area contributed by atoms with Crippen molar-refractivity contribution in [2.75, 3.05) is 19.8 Å². The molecule has 21 heavy (non-hydrogen) atoms. The van der Waals surface area contributed by atoms with E-state index in [4.69, 9.17) is 9.47 Å². The Balaban J connectivity index is 1.64. The fourth-order valence-electron chi connectivity index (χ4n) is 3.41. The van der Waals surface area contributed by atoms with Crippen molar-refractivity contribution in [2.24, 2.45) is 0 Å². The molecular formula is C15H24N2O4. The molecule has 0 N–H and O–H groups in total. The van der Waals surface area contributed by atoms with Gasteiger partial charge in [0.05, 0.1) is 6.04 Å². The normalized spacial score (nSPS) is 30.1. The molecule has 118 valence electrons. The second kappa shape index (κ2) is 5.16. The minimum absolute atomic E-state index is 0.0789. The van der Waals surface area contributed by atoms with Crippen LogP contribution in [0.4, 0.5) is 4.79 Å². The number of piperazine rings is 1. The SMILES string of the molecule is CC(C)(C)OC(=O)N1[C@@H]2C[C@H]1C(=O)N(C1CCOCC1)C2. The Morgan fingerprint density at radius 2 is 1.90 bits per heavy atom. The molecular weight excluding hydrogens is 272 g/mol. The summed E-state index contributed by atoms with van der Waals surface area (Å²) in [7, 11) is 0. The molecule has 2 atom stereocenters. The average molecular weight is 296 g/mol. The van der Waals surface area contributed by atoms with Crippen molar-refractivity contribution in [2.45, 2.75) is 63.8 Å². The molecule has 6 nitrogen and oxygen atoms in total. The minimum atomic E-state index is -0.523. The van der Waals surface area contributed by atoms with Gasteiger partial charge in [-0.05, 0) is 40.0 Å². The standard InChI is InChI=1S/C15H24N2O4/c1-15(2,3)21-14(19)17-11-8-12(17)13(18)16(9-11)10-4-6-20-7-5-10/h10-12H,4-9H2,1-3H3/t11-,12+/m1/s1. The summed E-state index contributed by atoms with van der Waals surface area (Å²) >= 11 is 0. The highest BCUT2D eigenvalue weighted by atomic mass is 16.6. The lowest BCUT2D eigenvalue weighted by atomic mass is 9.85. The Labute approximate surface area is 125 Å². The number of hydrogen-bond acceptors (Lipinski definition) is 4. The molecule has 2 bridgehead atoms. The van der Waals surface area contributed by atoms with Crippen molar-refractivity contribution in [3.05, 3.63) is 0 Å². The summed E-state index contributed by atoms with van der Waals surface area (Å²) in [4.78, 5) is 28.4. The van der Waals surface area contributed by atoms with Crippen molar-refractivity contribution < 1.29 is 19.1 Å². The van der Waals surface area contributed by atoms with E-state index in [2.05, 4.69) is 0 Å². The van der Waals surface area contributed by atoms with Gasteiger partial charge in [-0.25, -0.2) is 4.79 Å². The van der Waals surface area contributed by atoms with Gasteiger partial charge in [-0.15, -0.1) is 0 Å². The lowest BCUT2D eigenvalue weighted by Crippen LogP contribution is -2.74. The first-order valence-corrected chi connectivity index (χ1v) is 7.76. The molecule has 4 saturated heterocycles. The van der Waals surface area contributed by atoms with Gasteiger partial charge >= 0.3 is 6.09 Å². The highest BCUT2D eigenvalue weighted by molar-refractivity contribution is 5.90. The number of hydrogen-bond donors (Lipinski definition) is 0. The largest absolute Gasteiger partial charge is 0.444 e. The number of rotatable bonds is 1. The third-order valence-electron chi connectivity index (χ3n) is 4.44. The highest BCUT2D eigenvalue weighted by Crippen LogP contribution is 2.36. The number of carbonyl (C=O) groups excluding carboxylic acids is 2. The first-order valence-electron chi connectivity index (χ1n) is 7.76. The minimum Gasteiger partial charge on any atom is -0.444 e. The van der Waals surface area contributed by atoms with Gasteiger partial charge in [0, 0.05) is 25.8 Å². The zero-order chi connectivity index (χ0) is 15.2. The van der Waals surface area contributed by atoms with Gasteiger partial charge in [-0.3, -0.25) is 9.69 Å². The monoisotopic (exact) mass is 296 g/mol. The summed E-state index contributed by atoms with van der Waals surface area (Å²) in [5.41, 5.74) is -0.523. The zero-order valence-electron chi connectivity index (χ0n) is 13.0. The molecule has 6 heteroatoms. The van der Waals surface area contributed by atoms with E-state index in [-0.39, 0.29) is 30.1 Å². The summed E-state index contributed by atoms with van der Waals surface area (Å²) < 4.78 is 10.8. The molecule has 0 aromatic rings. The summed E-state index contributed by atoms with van der Waals surface area (Å²) in [6.07, 6.45) is 2.22. The zero-order valence-corrected chi connectivity index (χ0v) is 13.0. The summed E-state index contributed by atoms with van der Waals surface area (Å²) in [6, 6.07) is 0.0733. The van der Waals surface area contributed by atoms with Crippen LogP contribution in [0.5, 0.6) is 0 Å². The van der Waals surface area contributed by atoms with Gasteiger partial charge in [0.1, 0.15) is 11.6 Å². The molecule has 0 aromatic heterocycles. The molecule has 0 spiro atoms. The van der Waals surface area contributed by atoms with Crippen LogP contribution in [-0.4, -0.2) is 65.3 Å². The molecule has 4 aliphatic rings. The van der Waals surface area contributed by atoms with Gasteiger partial charge in [-0.2, -0.15) is 0 Å². The van der Waals surface area contributed by atoms with E-state index in [9.17, 15) is 9.59 Å². The Morgan fingerprint density at radius 3 is 2.48 bits per heavy atom. The van der Waals surface area contributed by atoms with Crippen molar-refractivity contribution in [1.82, 2.24) is 9.80 Å². The van der Waals surface area contributed by atoms with Crippen molar-refractivity contribution in [3.8, 4) is 0 Å². The van der Waals surface area contributed by atoms with Gasteiger partial charge in [-0.1, -0.05) is 0 Å². The Bertz CT molecular complexity index is 439. The Hall–Kier alpha value is -1.30. The quantitative estimate of drug-likeness (QED) is 0.733. The number of fused-ring (bicyclic) bond motifs is 2. The fourth-order valence-corrected chi connectivity index (χ4v) is 3.41. The van der Waals surface area contributed by atoms with Gasteiger partial charge < -0.3 is 14.4 Å². The van der Waals surface area contributed by atoms with E-state index >= 15 is 0 Å². The van der Waals surface area contributed by atoms with Crippen LogP contribution in [0.3, 0.4) is 0 Å². The molecule has 0 saturated carbocycles. The van der Waals surface area contributed by atoms with E-state index in [1.807, 2.05) is 25.7 Å². The van der Waals surface area contributed by atoms with E-state index in [1.54, 1.807) is 4.90 Å². The van der Waals surface area contributed by atoms with Crippen molar-refractivity contribution in [1.29, 1.82) is 0 Å². The second-order valence-corrected chi connectivity index (χ2v) is 7.13. The maximum absolute atomic E-state index is 12.6. The van der Waals surface area contributed by atoms with Gasteiger partial charge in [0.2, 0.25) is 5.91 Å². The predicted molar refractivity (Wildman–Crippen MR) is 75.8 cm³/mol. The van der Waals surface area contributed by atoms with E-state index in [0.29, 0.717) is 6.54 Å². The molecule has 2 amide bonds. The van der Waals surface area contributed by atoms with E-state index in [1.165, 1.54) is 0 Å². The van der Waals surface area contributed by atoms with Crippen molar-refractivity contribution >= 4 is 12.0 Å². The Kier molecular flexibility index (Phi) is 3.59. The molecule has 4 fully saturated rings. The van der Waals surface area contributed by atoms with Crippen LogP contribution < -0.4 is 0 Å². The second-order valence-electron chi connectivity index (χ2n) is 7.13. The van der Waals surface area contributed by atoms with Crippen LogP contribution in [0.25, 0.3) is 0 Å². The van der Waals surface area contributed by atoms with Crippen molar-refractivity contribution in [3.63, 3.8) is 0 Å². The lowest BCUT2D eigenvalue weighted by Gasteiger charge is -2.56. The topological polar surface area (TPSA) is 59.1 Å². The van der Waals surface area contributed by atoms with Crippen LogP contribution >= 0.6 is 0 Å². The van der Waals surface area contributed by atoms with Crippen LogP contribution in [0.15, 0.2) is 0 Å². The summed E-state index contributed by atoms with van der Waals surface area (Å²) in [5, 5.41) is 0. The maximum atomic E-state index is 12.6. The average Bonchev–Trinajstić information content (AvgIpc) is 2.36. The predicted octanol–water partition coefficient (Wildman–Crippen LogP) is 1.39. The molecule has 0 aliphatic carbocycles. The molecule has 4 aliphatic heterocycles. The number of carbonyl (C=O) groups is 2. The third kappa shape index (κ3) is 2.73. The number of ether oxygens (including phenoxy) is 2.